The van der Waals surface area contributed by atoms with Crippen molar-refractivity contribution in [3.63, 3.8) is 0 Å². The normalized spacial score (nSPS) is 23.6. The number of hydrogen-bond donors (Lipinski definition) is 0. The molecule has 0 radical (unpaired) electrons. The fraction of sp³-hybridized carbons (Fsp3) is 0.700. The Balaban J connectivity index is 0.881. The molecule has 6 heterocycles. The first-order valence-corrected chi connectivity index (χ1v) is 21.6. The second-order valence-corrected chi connectivity index (χ2v) is 20.1. The van der Waals surface area contributed by atoms with Crippen LogP contribution in [0.25, 0.3) is 0 Å². The number of aromatic nitrogens is 2. The first-order valence-electron chi connectivity index (χ1n) is 20.3. The van der Waals surface area contributed by atoms with Crippen LogP contribution in [0, 0.1) is 23.1 Å². The lowest BCUT2D eigenvalue weighted by atomic mass is 9.72. The molecule has 5 aliphatic rings. The molecule has 7 rings (SSSR count). The quantitative estimate of drug-likeness (QED) is 0.321. The van der Waals surface area contributed by atoms with Crippen LogP contribution >= 0.6 is 0 Å². The molecule has 5 aliphatic heterocycles. The molecule has 0 bridgehead atoms. The number of carbonyl (C=O) groups is 2. The van der Waals surface area contributed by atoms with E-state index in [1.165, 1.54) is 24.5 Å². The van der Waals surface area contributed by atoms with Crippen molar-refractivity contribution in [3.8, 4) is 11.5 Å². The number of anilines is 1. The Bertz CT molecular complexity index is 1860. The highest BCUT2D eigenvalue weighted by Gasteiger charge is 2.53. The molecular formula is C40H59FN8O6S. The zero-order valence-corrected chi connectivity index (χ0v) is 34.8. The molecule has 1 aromatic carbocycles. The highest BCUT2D eigenvalue weighted by Crippen LogP contribution is 2.45. The molecule has 0 aliphatic carbocycles. The molecule has 0 N–H and O–H groups in total. The topological polar surface area (TPSA) is 132 Å². The summed E-state index contributed by atoms with van der Waals surface area (Å²) in [4.78, 5) is 43.1. The summed E-state index contributed by atoms with van der Waals surface area (Å²) in [5.74, 6) is 1.15. The maximum Gasteiger partial charge on any atom is 0.410 e. The van der Waals surface area contributed by atoms with Gasteiger partial charge in [-0.3, -0.25) is 4.79 Å². The van der Waals surface area contributed by atoms with E-state index in [-0.39, 0.29) is 52.8 Å². The van der Waals surface area contributed by atoms with E-state index in [0.717, 1.165) is 58.4 Å². The van der Waals surface area contributed by atoms with E-state index >= 15 is 0 Å². The molecule has 2 atom stereocenters. The number of likely N-dealkylation sites (tertiary alicyclic amines) is 2. The van der Waals surface area contributed by atoms with E-state index in [1.54, 1.807) is 24.6 Å². The highest BCUT2D eigenvalue weighted by atomic mass is 32.2. The maximum atomic E-state index is 14.4. The van der Waals surface area contributed by atoms with Crippen molar-refractivity contribution in [2.45, 2.75) is 97.9 Å². The standard InChI is InChI=1S/C40H59FN8O6S/c1-27(2)49(28(3)4)37(50)32-18-31(41)8-9-34(32)54-35-19-42-26-43-36(35)45-24-40(25-45)12-16-44(17-13-40)20-29-10-14-46(15-11-29)56(52,53)47-21-30-22-48(33(30)23-47)38(51)55-39(5,6)7/h8-9,18-19,26-30,33H,10-17,20-25H2,1-7H3/t30-,33-/m0/s1. The van der Waals surface area contributed by atoms with Crippen LogP contribution in [0.15, 0.2) is 30.7 Å². The van der Waals surface area contributed by atoms with Gasteiger partial charge in [0.15, 0.2) is 11.6 Å². The summed E-state index contributed by atoms with van der Waals surface area (Å²) in [5, 5.41) is 0. The van der Waals surface area contributed by atoms with E-state index < -0.39 is 21.6 Å². The second kappa shape index (κ2) is 15.6. The number of amides is 2. The molecule has 14 nitrogen and oxygen atoms in total. The second-order valence-electron chi connectivity index (χ2n) is 18.1. The number of rotatable bonds is 10. The van der Waals surface area contributed by atoms with Crippen LogP contribution in [0.3, 0.4) is 0 Å². The first-order chi connectivity index (χ1) is 26.4. The molecule has 1 aromatic heterocycles. The van der Waals surface area contributed by atoms with Crippen molar-refractivity contribution in [2.24, 2.45) is 17.3 Å². The maximum absolute atomic E-state index is 14.4. The summed E-state index contributed by atoms with van der Waals surface area (Å²) >= 11 is 0. The van der Waals surface area contributed by atoms with Crippen molar-refractivity contribution >= 4 is 28.0 Å². The minimum atomic E-state index is -3.59. The average molecular weight is 799 g/mol. The molecule has 2 aromatic rings. The zero-order valence-electron chi connectivity index (χ0n) is 34.0. The van der Waals surface area contributed by atoms with Gasteiger partial charge in [0, 0.05) is 75.8 Å². The van der Waals surface area contributed by atoms with Crippen LogP contribution in [-0.2, 0) is 14.9 Å². The number of piperidine rings is 2. The van der Waals surface area contributed by atoms with E-state index in [1.807, 2.05) is 48.5 Å². The monoisotopic (exact) mass is 798 g/mol. The molecule has 16 heteroatoms. The molecule has 5 fully saturated rings. The van der Waals surface area contributed by atoms with Crippen LogP contribution in [0.1, 0.15) is 84.5 Å². The van der Waals surface area contributed by atoms with E-state index in [0.29, 0.717) is 50.2 Å². The van der Waals surface area contributed by atoms with E-state index in [2.05, 4.69) is 19.8 Å². The van der Waals surface area contributed by atoms with E-state index in [4.69, 9.17) is 9.47 Å². The summed E-state index contributed by atoms with van der Waals surface area (Å²) in [5.41, 5.74) is -0.248. The number of benzene rings is 1. The number of hydrogen-bond acceptors (Lipinski definition) is 10. The Labute approximate surface area is 331 Å². The fourth-order valence-electron chi connectivity index (χ4n) is 9.31. The molecule has 56 heavy (non-hydrogen) atoms. The van der Waals surface area contributed by atoms with E-state index in [9.17, 15) is 22.4 Å². The summed E-state index contributed by atoms with van der Waals surface area (Å²) < 4.78 is 56.8. The van der Waals surface area contributed by atoms with Crippen LogP contribution in [0.2, 0.25) is 0 Å². The average Bonchev–Trinajstić information content (AvgIpc) is 3.44. The Hall–Kier alpha value is -3.60. The van der Waals surface area contributed by atoms with Crippen molar-refractivity contribution in [1.82, 2.24) is 33.3 Å². The largest absolute Gasteiger partial charge is 0.451 e. The van der Waals surface area contributed by atoms with Crippen molar-refractivity contribution in [3.05, 3.63) is 42.1 Å². The van der Waals surface area contributed by atoms with Crippen molar-refractivity contribution in [1.29, 1.82) is 0 Å². The molecule has 308 valence electrons. The summed E-state index contributed by atoms with van der Waals surface area (Å²) in [7, 11) is -3.59. The third-order valence-corrected chi connectivity index (χ3v) is 14.2. The summed E-state index contributed by atoms with van der Waals surface area (Å²) in [6, 6.07) is 3.75. The predicted molar refractivity (Wildman–Crippen MR) is 210 cm³/mol. The Morgan fingerprint density at radius 3 is 2.29 bits per heavy atom. The first kappa shape index (κ1) is 40.6. The van der Waals surface area contributed by atoms with Gasteiger partial charge in [-0.25, -0.2) is 19.2 Å². The lowest BCUT2D eigenvalue weighted by molar-refractivity contribution is -0.0164. The van der Waals surface area contributed by atoms with Gasteiger partial charge in [-0.15, -0.1) is 0 Å². The van der Waals surface area contributed by atoms with Gasteiger partial charge < -0.3 is 29.1 Å². The van der Waals surface area contributed by atoms with Gasteiger partial charge in [-0.2, -0.15) is 17.0 Å². The van der Waals surface area contributed by atoms with Crippen LogP contribution in [-0.4, -0.2) is 143 Å². The highest BCUT2D eigenvalue weighted by molar-refractivity contribution is 7.86. The van der Waals surface area contributed by atoms with Crippen molar-refractivity contribution in [2.75, 3.05) is 70.3 Å². The number of nitrogens with zero attached hydrogens (tertiary/aromatic N) is 8. The van der Waals surface area contributed by atoms with Crippen LogP contribution in [0.4, 0.5) is 15.0 Å². The minimum Gasteiger partial charge on any atom is -0.451 e. The third-order valence-electron chi connectivity index (χ3n) is 12.2. The molecule has 2 amide bonds. The summed E-state index contributed by atoms with van der Waals surface area (Å²) in [6.07, 6.45) is 6.53. The zero-order chi connectivity index (χ0) is 40.2. The van der Waals surface area contributed by atoms with Gasteiger partial charge >= 0.3 is 6.09 Å². The van der Waals surface area contributed by atoms with Gasteiger partial charge in [-0.05, 0) is 111 Å². The lowest BCUT2D eigenvalue weighted by Crippen LogP contribution is -2.61. The Morgan fingerprint density at radius 1 is 0.964 bits per heavy atom. The third kappa shape index (κ3) is 8.35. The minimum absolute atomic E-state index is 0.0761. The number of carbonyl (C=O) groups excluding carboxylic acids is 2. The molecular weight excluding hydrogens is 740 g/mol. The van der Waals surface area contributed by atoms with Gasteiger partial charge in [0.05, 0.1) is 17.8 Å². The predicted octanol–water partition coefficient (Wildman–Crippen LogP) is 5.08. The SMILES string of the molecule is CC(C)N(C(=O)c1cc(F)ccc1Oc1cncnc1N1CC2(CCN(CC3CCN(S(=O)(=O)N4C[C@H]5CN(C(=O)OC(C)(C)C)[C@H]5C4)CC3)CC2)C1)C(C)C. The molecule has 1 spiro atoms. The van der Waals surface area contributed by atoms with Gasteiger partial charge in [0.1, 0.15) is 23.5 Å². The molecule has 0 unspecified atom stereocenters. The number of fused-ring (bicyclic) bond motifs is 1. The van der Waals surface area contributed by atoms with Gasteiger partial charge in [0.2, 0.25) is 0 Å². The fourth-order valence-corrected chi connectivity index (χ4v) is 11.0. The Morgan fingerprint density at radius 2 is 1.64 bits per heavy atom. The van der Waals surface area contributed by atoms with Gasteiger partial charge in [0.25, 0.3) is 16.1 Å². The lowest BCUT2D eigenvalue weighted by Gasteiger charge is -2.54. The number of halogens is 1. The summed E-state index contributed by atoms with van der Waals surface area (Å²) in [6.45, 7) is 20.3. The smallest absolute Gasteiger partial charge is 0.410 e. The van der Waals surface area contributed by atoms with Crippen LogP contribution < -0.4 is 9.64 Å². The number of ether oxygens (including phenoxy) is 2. The molecule has 5 saturated heterocycles. The van der Waals surface area contributed by atoms with Crippen LogP contribution in [0.5, 0.6) is 11.5 Å². The van der Waals surface area contributed by atoms with Gasteiger partial charge in [-0.1, -0.05) is 0 Å². The molecule has 0 saturated carbocycles. The Kier molecular flexibility index (Phi) is 11.3. The van der Waals surface area contributed by atoms with Crippen molar-refractivity contribution < 1.29 is 31.9 Å².